The van der Waals surface area contributed by atoms with Gasteiger partial charge >= 0.3 is 0 Å². The minimum Gasteiger partial charge on any atom is -0.490 e. The van der Waals surface area contributed by atoms with Crippen LogP contribution in [0.1, 0.15) is 55.7 Å². The summed E-state index contributed by atoms with van der Waals surface area (Å²) >= 11 is 1.64. The SMILES string of the molecule is CCOc1cc(C=Nc2sc3c(c2C#N)CC[C@H](C(C)(C)C)C3)ccc1OCC#N. The van der Waals surface area contributed by atoms with Crippen molar-refractivity contribution < 1.29 is 9.47 Å². The van der Waals surface area contributed by atoms with Gasteiger partial charge in [-0.3, -0.25) is 0 Å². The monoisotopic (exact) mass is 421 g/mol. The van der Waals surface area contributed by atoms with Crippen LogP contribution in [0.5, 0.6) is 11.5 Å². The maximum Gasteiger partial charge on any atom is 0.174 e. The number of benzene rings is 1. The van der Waals surface area contributed by atoms with Gasteiger partial charge in [0.05, 0.1) is 12.2 Å². The summed E-state index contributed by atoms with van der Waals surface area (Å²) in [4.78, 5) is 5.96. The standard InChI is InChI=1S/C24H27N3O2S/c1-5-28-21-12-16(6-9-20(21)29-11-10-25)15-27-23-19(14-26)18-8-7-17(24(2,3)4)13-22(18)30-23/h6,9,12,15,17H,5,7-8,11,13H2,1-4H3/t17-/m0/s1. The number of thiophene rings is 1. The highest BCUT2D eigenvalue weighted by atomic mass is 32.1. The molecular formula is C24H27N3O2S. The van der Waals surface area contributed by atoms with Crippen molar-refractivity contribution in [3.05, 3.63) is 39.8 Å². The molecule has 0 saturated carbocycles. The zero-order chi connectivity index (χ0) is 21.7. The Balaban J connectivity index is 1.86. The van der Waals surface area contributed by atoms with E-state index >= 15 is 0 Å². The van der Waals surface area contributed by atoms with Gasteiger partial charge in [-0.2, -0.15) is 10.5 Å². The summed E-state index contributed by atoms with van der Waals surface area (Å²) in [7, 11) is 0. The fourth-order valence-electron chi connectivity index (χ4n) is 3.75. The summed E-state index contributed by atoms with van der Waals surface area (Å²) in [5.74, 6) is 1.74. The molecule has 0 N–H and O–H groups in total. The Morgan fingerprint density at radius 1 is 1.23 bits per heavy atom. The van der Waals surface area contributed by atoms with Crippen LogP contribution in [0.4, 0.5) is 5.00 Å². The lowest BCUT2D eigenvalue weighted by Crippen LogP contribution is -2.26. The number of hydrogen-bond acceptors (Lipinski definition) is 6. The normalized spacial score (nSPS) is 16.0. The van der Waals surface area contributed by atoms with Gasteiger partial charge in [0, 0.05) is 11.1 Å². The Bertz CT molecular complexity index is 1020. The van der Waals surface area contributed by atoms with E-state index in [-0.39, 0.29) is 12.0 Å². The molecule has 0 amide bonds. The summed E-state index contributed by atoms with van der Waals surface area (Å²) in [6.07, 6.45) is 4.85. The van der Waals surface area contributed by atoms with Gasteiger partial charge in [0.2, 0.25) is 0 Å². The molecule has 0 saturated heterocycles. The Morgan fingerprint density at radius 2 is 2.03 bits per heavy atom. The van der Waals surface area contributed by atoms with Crippen LogP contribution < -0.4 is 9.47 Å². The molecule has 1 aliphatic rings. The predicted molar refractivity (Wildman–Crippen MR) is 120 cm³/mol. The molecule has 0 fully saturated rings. The lowest BCUT2D eigenvalue weighted by atomic mass is 9.72. The molecule has 5 nitrogen and oxygen atoms in total. The van der Waals surface area contributed by atoms with Gasteiger partial charge in [-0.25, -0.2) is 4.99 Å². The molecule has 0 radical (unpaired) electrons. The third-order valence-corrected chi connectivity index (χ3v) is 6.64. The average molecular weight is 422 g/mol. The van der Waals surface area contributed by atoms with E-state index in [0.717, 1.165) is 35.4 Å². The molecular weight excluding hydrogens is 394 g/mol. The zero-order valence-corrected chi connectivity index (χ0v) is 18.8. The van der Waals surface area contributed by atoms with Crippen molar-refractivity contribution in [2.45, 2.75) is 47.0 Å². The van der Waals surface area contributed by atoms with Crippen LogP contribution >= 0.6 is 11.3 Å². The van der Waals surface area contributed by atoms with Gasteiger partial charge in [-0.1, -0.05) is 20.8 Å². The quantitative estimate of drug-likeness (QED) is 0.550. The molecule has 0 aliphatic heterocycles. The first-order valence-corrected chi connectivity index (χ1v) is 11.0. The summed E-state index contributed by atoms with van der Waals surface area (Å²) in [5.41, 5.74) is 3.02. The Morgan fingerprint density at radius 3 is 2.70 bits per heavy atom. The minimum absolute atomic E-state index is 0.0324. The van der Waals surface area contributed by atoms with E-state index in [0.29, 0.717) is 24.0 Å². The Kier molecular flexibility index (Phi) is 6.80. The molecule has 1 atom stereocenters. The molecule has 2 aromatic rings. The molecule has 1 aromatic heterocycles. The third kappa shape index (κ3) is 4.83. The van der Waals surface area contributed by atoms with Crippen molar-refractivity contribution in [2.24, 2.45) is 16.3 Å². The molecule has 30 heavy (non-hydrogen) atoms. The van der Waals surface area contributed by atoms with Crippen molar-refractivity contribution in [3.8, 4) is 23.6 Å². The molecule has 1 aliphatic carbocycles. The van der Waals surface area contributed by atoms with Crippen LogP contribution in [0.2, 0.25) is 0 Å². The molecule has 1 heterocycles. The van der Waals surface area contributed by atoms with Crippen LogP contribution in [0.25, 0.3) is 0 Å². The van der Waals surface area contributed by atoms with E-state index in [4.69, 9.17) is 14.7 Å². The number of nitriles is 2. The second kappa shape index (κ2) is 9.32. The second-order valence-electron chi connectivity index (χ2n) is 8.45. The highest BCUT2D eigenvalue weighted by molar-refractivity contribution is 7.16. The molecule has 3 rings (SSSR count). The first-order chi connectivity index (χ1) is 14.4. The number of nitrogens with zero attached hydrogens (tertiary/aromatic N) is 3. The Hall–Kier alpha value is -2.83. The van der Waals surface area contributed by atoms with Gasteiger partial charge in [0.15, 0.2) is 18.1 Å². The van der Waals surface area contributed by atoms with Crippen molar-refractivity contribution >= 4 is 22.6 Å². The number of ether oxygens (including phenoxy) is 2. The smallest absolute Gasteiger partial charge is 0.174 e. The first kappa shape index (κ1) is 21.9. The molecule has 0 spiro atoms. The zero-order valence-electron chi connectivity index (χ0n) is 18.0. The lowest BCUT2D eigenvalue weighted by molar-refractivity contribution is 0.218. The molecule has 0 bridgehead atoms. The number of rotatable bonds is 6. The highest BCUT2D eigenvalue weighted by Crippen LogP contribution is 2.44. The van der Waals surface area contributed by atoms with Gasteiger partial charge in [0.25, 0.3) is 0 Å². The topological polar surface area (TPSA) is 78.4 Å². The number of aliphatic imine (C=N–C) groups is 1. The molecule has 1 aromatic carbocycles. The van der Waals surface area contributed by atoms with Crippen molar-refractivity contribution in [1.29, 1.82) is 10.5 Å². The third-order valence-electron chi connectivity index (χ3n) is 5.47. The first-order valence-electron chi connectivity index (χ1n) is 10.2. The summed E-state index contributed by atoms with van der Waals surface area (Å²) < 4.78 is 11.0. The van der Waals surface area contributed by atoms with Crippen LogP contribution in [0.15, 0.2) is 23.2 Å². The van der Waals surface area contributed by atoms with Crippen LogP contribution in [0, 0.1) is 34.0 Å². The van der Waals surface area contributed by atoms with E-state index in [1.165, 1.54) is 10.4 Å². The van der Waals surface area contributed by atoms with Crippen LogP contribution in [-0.2, 0) is 12.8 Å². The van der Waals surface area contributed by atoms with Gasteiger partial charge < -0.3 is 9.47 Å². The fourth-order valence-corrected chi connectivity index (χ4v) is 4.97. The van der Waals surface area contributed by atoms with Crippen LogP contribution in [0.3, 0.4) is 0 Å². The predicted octanol–water partition coefficient (Wildman–Crippen LogP) is 5.82. The lowest BCUT2D eigenvalue weighted by Gasteiger charge is -2.33. The van der Waals surface area contributed by atoms with Gasteiger partial charge in [-0.15, -0.1) is 11.3 Å². The largest absolute Gasteiger partial charge is 0.490 e. The summed E-state index contributed by atoms with van der Waals surface area (Å²) in [6, 6.07) is 9.83. The molecule has 156 valence electrons. The maximum absolute atomic E-state index is 9.74. The van der Waals surface area contributed by atoms with E-state index in [1.54, 1.807) is 23.6 Å². The summed E-state index contributed by atoms with van der Waals surface area (Å²) in [6.45, 7) is 9.24. The number of fused-ring (bicyclic) bond motifs is 1. The number of hydrogen-bond donors (Lipinski definition) is 0. The highest BCUT2D eigenvalue weighted by Gasteiger charge is 2.32. The molecule has 6 heteroatoms. The van der Waals surface area contributed by atoms with Crippen molar-refractivity contribution in [3.63, 3.8) is 0 Å². The fraction of sp³-hybridized carbons (Fsp3) is 0.458. The second-order valence-corrected chi connectivity index (χ2v) is 9.53. The van der Waals surface area contributed by atoms with Gasteiger partial charge in [-0.05, 0) is 66.8 Å². The van der Waals surface area contributed by atoms with E-state index in [1.807, 2.05) is 25.1 Å². The summed E-state index contributed by atoms with van der Waals surface area (Å²) in [5, 5.41) is 19.2. The molecule has 0 unspecified atom stereocenters. The van der Waals surface area contributed by atoms with Crippen molar-refractivity contribution in [1.82, 2.24) is 0 Å². The Labute approximate surface area is 182 Å². The van der Waals surface area contributed by atoms with E-state index in [2.05, 4.69) is 31.8 Å². The van der Waals surface area contributed by atoms with Crippen LogP contribution in [-0.4, -0.2) is 19.4 Å². The van der Waals surface area contributed by atoms with E-state index < -0.39 is 0 Å². The maximum atomic E-state index is 9.74. The van der Waals surface area contributed by atoms with Gasteiger partial charge in [0.1, 0.15) is 17.1 Å². The average Bonchev–Trinajstić information content (AvgIpc) is 3.07. The van der Waals surface area contributed by atoms with Crippen molar-refractivity contribution in [2.75, 3.05) is 13.2 Å². The van der Waals surface area contributed by atoms with E-state index in [9.17, 15) is 5.26 Å². The minimum atomic E-state index is -0.0324.